The summed E-state index contributed by atoms with van der Waals surface area (Å²) in [6, 6.07) is 12.7. The van der Waals surface area contributed by atoms with Crippen LogP contribution in [0.25, 0.3) is 11.3 Å². The molecule has 9 heteroatoms. The molecule has 1 aliphatic carbocycles. The Labute approximate surface area is 241 Å². The Morgan fingerprint density at radius 1 is 1.12 bits per heavy atom. The number of ether oxygens (including phenoxy) is 1. The predicted molar refractivity (Wildman–Crippen MR) is 156 cm³/mol. The van der Waals surface area contributed by atoms with E-state index in [1.165, 1.54) is 19.8 Å². The van der Waals surface area contributed by atoms with Crippen LogP contribution >= 0.6 is 11.6 Å². The number of aliphatic hydroxyl groups excluding tert-OH is 1. The first-order chi connectivity index (χ1) is 19.1. The molecule has 3 aromatic rings. The van der Waals surface area contributed by atoms with Crippen molar-refractivity contribution in [3.8, 4) is 17.0 Å². The van der Waals surface area contributed by atoms with E-state index >= 15 is 0 Å². The van der Waals surface area contributed by atoms with Gasteiger partial charge in [-0.3, -0.25) is 9.59 Å². The van der Waals surface area contributed by atoms with Crippen LogP contribution in [-0.2, 0) is 17.8 Å². The highest BCUT2D eigenvalue weighted by atomic mass is 35.5. The van der Waals surface area contributed by atoms with Crippen molar-refractivity contribution in [3.05, 3.63) is 70.6 Å². The van der Waals surface area contributed by atoms with Gasteiger partial charge in [0.25, 0.3) is 5.91 Å². The molecule has 4 rings (SSSR count). The number of rotatable bonds is 13. The molecular weight excluding hydrogens is 528 g/mol. The number of nitrogens with one attached hydrogen (secondary N) is 2. The number of nitrogens with zero attached hydrogens (tertiary/aromatic N) is 2. The van der Waals surface area contributed by atoms with Gasteiger partial charge in [-0.05, 0) is 76.1 Å². The Balaban J connectivity index is 1.44. The van der Waals surface area contributed by atoms with Crippen LogP contribution in [0, 0.1) is 5.92 Å². The molecule has 1 saturated carbocycles. The van der Waals surface area contributed by atoms with E-state index in [1.54, 1.807) is 18.2 Å². The molecule has 40 heavy (non-hydrogen) atoms. The topological polar surface area (TPSA) is 105 Å². The summed E-state index contributed by atoms with van der Waals surface area (Å²) in [5, 5.41) is 16.0. The molecule has 1 fully saturated rings. The van der Waals surface area contributed by atoms with Crippen molar-refractivity contribution >= 4 is 23.4 Å². The van der Waals surface area contributed by atoms with Gasteiger partial charge in [0.2, 0.25) is 5.91 Å². The van der Waals surface area contributed by atoms with Gasteiger partial charge < -0.3 is 25.0 Å². The molecule has 1 aromatic heterocycles. The van der Waals surface area contributed by atoms with E-state index in [9.17, 15) is 14.7 Å². The van der Waals surface area contributed by atoms with Crippen LogP contribution in [0.2, 0.25) is 5.02 Å². The SMILES string of the molecule is CC(=O)N[C@@H](C)c1nc(-c2ccc(C[C@@H](CCO)NC(=O)c3ccc(OC(C)C)c(Cl)c3)cc2)cn1CC1CC1. The lowest BCUT2D eigenvalue weighted by atomic mass is 10.0. The Bertz CT molecular complexity index is 1320. The average Bonchev–Trinajstić information content (AvgIpc) is 3.61. The van der Waals surface area contributed by atoms with Crippen LogP contribution in [0.4, 0.5) is 0 Å². The quantitative estimate of drug-likeness (QED) is 0.260. The van der Waals surface area contributed by atoms with Gasteiger partial charge in [0.1, 0.15) is 11.6 Å². The molecule has 0 saturated heterocycles. The minimum Gasteiger partial charge on any atom is -0.489 e. The maximum Gasteiger partial charge on any atom is 0.251 e. The number of imidazole rings is 1. The Morgan fingerprint density at radius 3 is 2.45 bits per heavy atom. The fraction of sp³-hybridized carbons (Fsp3) is 0.452. The van der Waals surface area contributed by atoms with Gasteiger partial charge in [-0.1, -0.05) is 35.9 Å². The maximum absolute atomic E-state index is 13.0. The van der Waals surface area contributed by atoms with E-state index in [0.717, 1.165) is 29.2 Å². The largest absolute Gasteiger partial charge is 0.489 e. The zero-order chi connectivity index (χ0) is 28.8. The zero-order valence-electron chi connectivity index (χ0n) is 23.6. The molecule has 8 nitrogen and oxygen atoms in total. The minimum atomic E-state index is -0.255. The molecule has 0 bridgehead atoms. The van der Waals surface area contributed by atoms with E-state index in [-0.39, 0.29) is 36.6 Å². The number of carbonyl (C=O) groups is 2. The standard InChI is InChI=1S/C31H39ClN4O4/c1-19(2)40-29-12-11-25(16-27(29)32)31(39)34-26(13-14-37)15-22-7-9-24(10-8-22)28-18-36(17-23-5-6-23)30(35-28)20(3)33-21(4)38/h7-12,16,18-20,23,26,37H,5-6,13-15,17H2,1-4H3,(H,33,38)(H,34,39)/t20-,26+/m0/s1. The highest BCUT2D eigenvalue weighted by Crippen LogP contribution is 2.33. The number of carbonyl (C=O) groups excluding carboxylic acids is 2. The summed E-state index contributed by atoms with van der Waals surface area (Å²) in [6.07, 6.45) is 5.49. The van der Waals surface area contributed by atoms with Crippen molar-refractivity contribution in [2.45, 2.75) is 78.1 Å². The maximum atomic E-state index is 13.0. The minimum absolute atomic E-state index is 0.0229. The van der Waals surface area contributed by atoms with Crippen LogP contribution < -0.4 is 15.4 Å². The molecule has 2 aromatic carbocycles. The summed E-state index contributed by atoms with van der Waals surface area (Å²) in [5.74, 6) is 1.73. The molecule has 0 aliphatic heterocycles. The lowest BCUT2D eigenvalue weighted by Gasteiger charge is -2.19. The summed E-state index contributed by atoms with van der Waals surface area (Å²) in [5.41, 5.74) is 3.31. The second kappa shape index (κ2) is 13.3. The highest BCUT2D eigenvalue weighted by Gasteiger charge is 2.25. The molecule has 0 unspecified atom stereocenters. The first-order valence-corrected chi connectivity index (χ1v) is 14.3. The third kappa shape index (κ3) is 8.08. The van der Waals surface area contributed by atoms with Gasteiger partial charge in [-0.2, -0.15) is 0 Å². The predicted octanol–water partition coefficient (Wildman–Crippen LogP) is 5.32. The van der Waals surface area contributed by atoms with E-state index < -0.39 is 0 Å². The van der Waals surface area contributed by atoms with Gasteiger partial charge >= 0.3 is 0 Å². The Hall–Kier alpha value is -3.36. The van der Waals surface area contributed by atoms with Crippen molar-refractivity contribution < 1.29 is 19.4 Å². The first-order valence-electron chi connectivity index (χ1n) is 13.9. The fourth-order valence-electron chi connectivity index (χ4n) is 4.75. The number of hydrogen-bond acceptors (Lipinski definition) is 5. The monoisotopic (exact) mass is 566 g/mol. The first kappa shape index (κ1) is 29.6. The van der Waals surface area contributed by atoms with Gasteiger partial charge in [-0.25, -0.2) is 4.98 Å². The highest BCUT2D eigenvalue weighted by molar-refractivity contribution is 6.32. The van der Waals surface area contributed by atoms with Crippen LogP contribution in [-0.4, -0.2) is 45.2 Å². The number of amides is 2. The molecule has 2 atom stereocenters. The number of halogens is 1. The molecular formula is C31H39ClN4O4. The van der Waals surface area contributed by atoms with Gasteiger partial charge in [0, 0.05) is 43.4 Å². The van der Waals surface area contributed by atoms with Crippen molar-refractivity contribution in [2.24, 2.45) is 5.92 Å². The molecule has 1 heterocycles. The van der Waals surface area contributed by atoms with Crippen molar-refractivity contribution in [1.82, 2.24) is 20.2 Å². The number of hydrogen-bond donors (Lipinski definition) is 3. The van der Waals surface area contributed by atoms with E-state index in [0.29, 0.717) is 35.1 Å². The van der Waals surface area contributed by atoms with Gasteiger partial charge in [0.05, 0.1) is 22.9 Å². The molecule has 2 amide bonds. The summed E-state index contributed by atoms with van der Waals surface area (Å²) < 4.78 is 7.82. The molecule has 0 spiro atoms. The smallest absolute Gasteiger partial charge is 0.251 e. The third-order valence-electron chi connectivity index (χ3n) is 6.87. The second-order valence-electron chi connectivity index (χ2n) is 10.9. The van der Waals surface area contributed by atoms with Crippen molar-refractivity contribution in [3.63, 3.8) is 0 Å². The van der Waals surface area contributed by atoms with E-state index in [1.807, 2.05) is 45.0 Å². The van der Waals surface area contributed by atoms with Crippen LogP contribution in [0.5, 0.6) is 5.75 Å². The number of benzene rings is 2. The fourth-order valence-corrected chi connectivity index (χ4v) is 4.97. The Kier molecular flexibility index (Phi) is 9.87. The van der Waals surface area contributed by atoms with Crippen LogP contribution in [0.15, 0.2) is 48.7 Å². The molecule has 1 aliphatic rings. The molecule has 0 radical (unpaired) electrons. The van der Waals surface area contributed by atoms with Gasteiger partial charge in [0.15, 0.2) is 0 Å². The van der Waals surface area contributed by atoms with Crippen LogP contribution in [0.3, 0.4) is 0 Å². The van der Waals surface area contributed by atoms with Crippen LogP contribution in [0.1, 0.15) is 74.7 Å². The molecule has 3 N–H and O–H groups in total. The van der Waals surface area contributed by atoms with Crippen molar-refractivity contribution in [1.29, 1.82) is 0 Å². The summed E-state index contributed by atoms with van der Waals surface area (Å²) >= 11 is 6.32. The lowest BCUT2D eigenvalue weighted by molar-refractivity contribution is -0.119. The van der Waals surface area contributed by atoms with Gasteiger partial charge in [-0.15, -0.1) is 0 Å². The second-order valence-corrected chi connectivity index (χ2v) is 11.3. The summed E-state index contributed by atoms with van der Waals surface area (Å²) in [7, 11) is 0. The summed E-state index contributed by atoms with van der Waals surface area (Å²) in [4.78, 5) is 29.5. The van der Waals surface area contributed by atoms with Crippen molar-refractivity contribution in [2.75, 3.05) is 6.61 Å². The number of aromatic nitrogens is 2. The third-order valence-corrected chi connectivity index (χ3v) is 7.16. The number of aliphatic hydroxyl groups is 1. The Morgan fingerprint density at radius 2 is 1.85 bits per heavy atom. The normalized spacial score (nSPS) is 14.6. The average molecular weight is 567 g/mol. The molecule has 214 valence electrons. The lowest BCUT2D eigenvalue weighted by Crippen LogP contribution is -2.37. The zero-order valence-corrected chi connectivity index (χ0v) is 24.4. The van der Waals surface area contributed by atoms with E-state index in [4.69, 9.17) is 21.3 Å². The van der Waals surface area contributed by atoms with E-state index in [2.05, 4.69) is 21.4 Å². The summed E-state index contributed by atoms with van der Waals surface area (Å²) in [6.45, 7) is 8.17.